The van der Waals surface area contributed by atoms with E-state index in [2.05, 4.69) is 48.6 Å². The number of unbranched alkanes of at least 4 members (excludes halogenated alkanes) is 4. The Morgan fingerprint density at radius 2 is 1.72 bits per heavy atom. The highest BCUT2D eigenvalue weighted by atomic mass is 16.5. The third-order valence-electron chi connectivity index (χ3n) is 4.51. The van der Waals surface area contributed by atoms with Crippen molar-refractivity contribution in [2.24, 2.45) is 0 Å². The largest absolute Gasteiger partial charge is 0.493 e. The molecule has 138 valence electrons. The molecular formula is C22H33NO2. The smallest absolute Gasteiger partial charge is 0.124 e. The van der Waals surface area contributed by atoms with Gasteiger partial charge < -0.3 is 14.8 Å². The van der Waals surface area contributed by atoms with Crippen molar-refractivity contribution in [2.45, 2.75) is 52.0 Å². The predicted octanol–water partition coefficient (Wildman–Crippen LogP) is 5.32. The van der Waals surface area contributed by atoms with Crippen molar-refractivity contribution in [3.63, 3.8) is 0 Å². The third kappa shape index (κ3) is 6.68. The Labute approximate surface area is 152 Å². The van der Waals surface area contributed by atoms with Crippen LogP contribution < -0.4 is 10.1 Å². The Balaban J connectivity index is 1.97. The van der Waals surface area contributed by atoms with Crippen LogP contribution in [0.1, 0.15) is 51.0 Å². The molecule has 3 heteroatoms. The summed E-state index contributed by atoms with van der Waals surface area (Å²) in [6, 6.07) is 12.8. The quantitative estimate of drug-likeness (QED) is 0.500. The fourth-order valence-corrected chi connectivity index (χ4v) is 3.08. The molecule has 0 radical (unpaired) electrons. The molecule has 0 aliphatic carbocycles. The summed E-state index contributed by atoms with van der Waals surface area (Å²) in [7, 11) is 1.75. The van der Waals surface area contributed by atoms with Gasteiger partial charge in [-0.05, 0) is 36.2 Å². The molecule has 0 heterocycles. The topological polar surface area (TPSA) is 30.5 Å². The van der Waals surface area contributed by atoms with E-state index < -0.39 is 0 Å². The van der Waals surface area contributed by atoms with E-state index in [4.69, 9.17) is 9.47 Å². The lowest BCUT2D eigenvalue weighted by Gasteiger charge is -2.15. The number of methoxy groups -OCH3 is 1. The second-order valence-electron chi connectivity index (χ2n) is 6.55. The molecule has 0 aromatic heterocycles. The summed E-state index contributed by atoms with van der Waals surface area (Å²) in [6.45, 7) is 5.63. The monoisotopic (exact) mass is 343 g/mol. The zero-order valence-corrected chi connectivity index (χ0v) is 15.9. The van der Waals surface area contributed by atoms with Crippen molar-refractivity contribution in [3.05, 3.63) is 42.0 Å². The molecule has 2 rings (SSSR count). The molecule has 0 amide bonds. The van der Waals surface area contributed by atoms with Crippen molar-refractivity contribution < 1.29 is 9.47 Å². The highest BCUT2D eigenvalue weighted by Crippen LogP contribution is 2.28. The van der Waals surface area contributed by atoms with E-state index in [1.807, 2.05) is 0 Å². The van der Waals surface area contributed by atoms with Crippen molar-refractivity contribution >= 4 is 10.8 Å². The van der Waals surface area contributed by atoms with Crippen LogP contribution in [0.4, 0.5) is 0 Å². The van der Waals surface area contributed by atoms with Gasteiger partial charge in [0.15, 0.2) is 0 Å². The van der Waals surface area contributed by atoms with Gasteiger partial charge in [0.2, 0.25) is 0 Å². The molecule has 25 heavy (non-hydrogen) atoms. The molecule has 0 aliphatic heterocycles. The van der Waals surface area contributed by atoms with Gasteiger partial charge >= 0.3 is 0 Å². The summed E-state index contributed by atoms with van der Waals surface area (Å²) < 4.78 is 11.3. The zero-order chi connectivity index (χ0) is 17.7. The number of benzene rings is 2. The Kier molecular flexibility index (Phi) is 9.38. The fraction of sp³-hybridized carbons (Fsp3) is 0.545. The SMILES string of the molecule is CCCCCCCOc1ccc2ccccc2c1CNCCCOC. The van der Waals surface area contributed by atoms with Crippen molar-refractivity contribution in [1.82, 2.24) is 5.32 Å². The van der Waals surface area contributed by atoms with Gasteiger partial charge in [-0.25, -0.2) is 0 Å². The van der Waals surface area contributed by atoms with Crippen LogP contribution in [-0.4, -0.2) is 26.9 Å². The van der Waals surface area contributed by atoms with Crippen molar-refractivity contribution in [1.29, 1.82) is 0 Å². The maximum Gasteiger partial charge on any atom is 0.124 e. The minimum Gasteiger partial charge on any atom is -0.493 e. The summed E-state index contributed by atoms with van der Waals surface area (Å²) in [5.41, 5.74) is 1.27. The first-order valence-corrected chi connectivity index (χ1v) is 9.70. The highest BCUT2D eigenvalue weighted by molar-refractivity contribution is 5.87. The lowest BCUT2D eigenvalue weighted by atomic mass is 10.0. The minimum absolute atomic E-state index is 0.795. The van der Waals surface area contributed by atoms with Gasteiger partial charge in [0.25, 0.3) is 0 Å². The van der Waals surface area contributed by atoms with Crippen LogP contribution in [0.2, 0.25) is 0 Å². The first kappa shape index (κ1) is 19.7. The van der Waals surface area contributed by atoms with Crippen LogP contribution in [-0.2, 0) is 11.3 Å². The number of hydrogen-bond acceptors (Lipinski definition) is 3. The predicted molar refractivity (Wildman–Crippen MR) is 106 cm³/mol. The molecule has 3 nitrogen and oxygen atoms in total. The average molecular weight is 344 g/mol. The molecule has 2 aromatic carbocycles. The number of hydrogen-bond donors (Lipinski definition) is 1. The molecule has 0 unspecified atom stereocenters. The molecule has 0 saturated heterocycles. The summed E-state index contributed by atoms with van der Waals surface area (Å²) in [5.74, 6) is 1.02. The van der Waals surface area contributed by atoms with E-state index >= 15 is 0 Å². The van der Waals surface area contributed by atoms with E-state index in [1.54, 1.807) is 7.11 Å². The highest BCUT2D eigenvalue weighted by Gasteiger charge is 2.08. The lowest BCUT2D eigenvalue weighted by molar-refractivity contribution is 0.194. The van der Waals surface area contributed by atoms with E-state index in [-0.39, 0.29) is 0 Å². The molecular weight excluding hydrogens is 310 g/mol. The number of rotatable bonds is 13. The normalized spacial score (nSPS) is 11.1. The second-order valence-corrected chi connectivity index (χ2v) is 6.55. The molecule has 0 spiro atoms. The van der Waals surface area contributed by atoms with Gasteiger partial charge in [-0.1, -0.05) is 62.9 Å². The molecule has 0 atom stereocenters. The van der Waals surface area contributed by atoms with Gasteiger partial charge in [-0.3, -0.25) is 0 Å². The lowest BCUT2D eigenvalue weighted by Crippen LogP contribution is -2.17. The zero-order valence-electron chi connectivity index (χ0n) is 15.9. The van der Waals surface area contributed by atoms with Gasteiger partial charge in [0.1, 0.15) is 5.75 Å². The molecule has 0 fully saturated rings. The maximum atomic E-state index is 6.14. The number of nitrogens with one attached hydrogen (secondary N) is 1. The van der Waals surface area contributed by atoms with Crippen LogP contribution >= 0.6 is 0 Å². The Morgan fingerprint density at radius 3 is 2.56 bits per heavy atom. The molecule has 0 bridgehead atoms. The van der Waals surface area contributed by atoms with Gasteiger partial charge in [-0.15, -0.1) is 0 Å². The number of fused-ring (bicyclic) bond motifs is 1. The van der Waals surface area contributed by atoms with Crippen LogP contribution in [0.15, 0.2) is 36.4 Å². The van der Waals surface area contributed by atoms with E-state index in [1.165, 1.54) is 42.0 Å². The van der Waals surface area contributed by atoms with Crippen molar-refractivity contribution in [3.8, 4) is 5.75 Å². The molecule has 1 N–H and O–H groups in total. The maximum absolute atomic E-state index is 6.14. The average Bonchev–Trinajstić information content (AvgIpc) is 2.65. The first-order chi connectivity index (χ1) is 12.4. The molecule has 0 aliphatic rings. The van der Waals surface area contributed by atoms with Crippen LogP contribution in [0.5, 0.6) is 5.75 Å². The van der Waals surface area contributed by atoms with Gasteiger partial charge in [0, 0.05) is 25.8 Å². The van der Waals surface area contributed by atoms with Crippen LogP contribution in [0, 0.1) is 0 Å². The molecule has 2 aromatic rings. The van der Waals surface area contributed by atoms with Gasteiger partial charge in [0.05, 0.1) is 6.61 Å². The Hall–Kier alpha value is -1.58. The summed E-state index contributed by atoms with van der Waals surface area (Å²) in [5, 5.41) is 6.08. The summed E-state index contributed by atoms with van der Waals surface area (Å²) >= 11 is 0. The standard InChI is InChI=1S/C22H33NO2/c1-3-4-5-6-9-17-25-22-14-13-19-11-7-8-12-20(19)21(22)18-23-15-10-16-24-2/h7-8,11-14,23H,3-6,9-10,15-18H2,1-2H3. The minimum atomic E-state index is 0.795. The summed E-state index contributed by atoms with van der Waals surface area (Å²) in [4.78, 5) is 0. The second kappa shape index (κ2) is 11.9. The Morgan fingerprint density at radius 1 is 0.880 bits per heavy atom. The van der Waals surface area contributed by atoms with Crippen LogP contribution in [0.3, 0.4) is 0 Å². The fourth-order valence-electron chi connectivity index (χ4n) is 3.08. The Bertz CT molecular complexity index is 612. The van der Waals surface area contributed by atoms with E-state index in [0.29, 0.717) is 0 Å². The van der Waals surface area contributed by atoms with Gasteiger partial charge in [-0.2, -0.15) is 0 Å². The first-order valence-electron chi connectivity index (χ1n) is 9.70. The molecule has 0 saturated carbocycles. The van der Waals surface area contributed by atoms with E-state index in [9.17, 15) is 0 Å². The number of ether oxygens (including phenoxy) is 2. The van der Waals surface area contributed by atoms with Crippen molar-refractivity contribution in [2.75, 3.05) is 26.9 Å². The third-order valence-corrected chi connectivity index (χ3v) is 4.51. The van der Waals surface area contributed by atoms with E-state index in [0.717, 1.165) is 44.9 Å². The van der Waals surface area contributed by atoms with Crippen LogP contribution in [0.25, 0.3) is 10.8 Å². The summed E-state index contributed by atoms with van der Waals surface area (Å²) in [6.07, 6.45) is 7.33.